The second-order valence-electron chi connectivity index (χ2n) is 5.32. The topological polar surface area (TPSA) is 63.7 Å². The van der Waals surface area contributed by atoms with Crippen molar-refractivity contribution in [1.82, 2.24) is 15.2 Å². The molecule has 0 unspecified atom stereocenters. The van der Waals surface area contributed by atoms with Gasteiger partial charge in [0.2, 0.25) is 0 Å². The molecule has 0 aliphatic carbocycles. The van der Waals surface area contributed by atoms with Crippen molar-refractivity contribution in [2.45, 2.75) is 20.0 Å². The van der Waals surface area contributed by atoms with Crippen LogP contribution in [0.2, 0.25) is 0 Å². The van der Waals surface area contributed by atoms with Crippen LogP contribution < -0.4 is 10.1 Å². The lowest BCUT2D eigenvalue weighted by molar-refractivity contribution is 0.145. The first kappa shape index (κ1) is 18.2. The van der Waals surface area contributed by atoms with Crippen molar-refractivity contribution in [3.63, 3.8) is 0 Å². The molecule has 2 aromatic rings. The fourth-order valence-electron chi connectivity index (χ4n) is 2.13. The number of hydrogen-bond donors (Lipinski definition) is 1. The lowest BCUT2D eigenvalue weighted by atomic mass is 10.2. The van der Waals surface area contributed by atoms with Gasteiger partial charge in [0.15, 0.2) is 0 Å². The second-order valence-corrected chi connectivity index (χ2v) is 6.38. The number of aryl methyl sites for hydroxylation is 1. The van der Waals surface area contributed by atoms with Crippen molar-refractivity contribution >= 4 is 17.4 Å². The van der Waals surface area contributed by atoms with E-state index in [1.807, 2.05) is 36.6 Å². The van der Waals surface area contributed by atoms with Gasteiger partial charge in [-0.1, -0.05) is 18.2 Å². The number of rotatable bonds is 8. The molecule has 0 atom stereocenters. The van der Waals surface area contributed by atoms with Crippen molar-refractivity contribution in [3.8, 4) is 5.75 Å². The number of thiazole rings is 1. The predicted octanol–water partition coefficient (Wildman–Crippen LogP) is 2.82. The van der Waals surface area contributed by atoms with Gasteiger partial charge in [0.05, 0.1) is 23.9 Å². The van der Waals surface area contributed by atoms with Crippen molar-refractivity contribution in [3.05, 3.63) is 45.9 Å². The summed E-state index contributed by atoms with van der Waals surface area (Å²) in [6, 6.07) is 7.51. The van der Waals surface area contributed by atoms with E-state index in [-0.39, 0.29) is 6.03 Å². The molecule has 0 fully saturated rings. The molecule has 0 saturated carbocycles. The van der Waals surface area contributed by atoms with Crippen molar-refractivity contribution in [2.24, 2.45) is 0 Å². The molecule has 0 aliphatic heterocycles. The highest BCUT2D eigenvalue weighted by Crippen LogP contribution is 2.17. The van der Waals surface area contributed by atoms with Gasteiger partial charge in [0, 0.05) is 31.6 Å². The highest BCUT2D eigenvalue weighted by atomic mass is 32.1. The maximum Gasteiger partial charge on any atom is 0.317 e. The van der Waals surface area contributed by atoms with Crippen LogP contribution in [0.1, 0.15) is 16.3 Å². The number of nitrogens with one attached hydrogen (secondary N) is 1. The smallest absolute Gasteiger partial charge is 0.317 e. The number of methoxy groups -OCH3 is 1. The molecule has 1 aromatic heterocycles. The number of hydrogen-bond acceptors (Lipinski definition) is 5. The molecule has 7 heteroatoms. The molecule has 1 aromatic carbocycles. The highest BCUT2D eigenvalue weighted by Gasteiger charge is 2.11. The monoisotopic (exact) mass is 349 g/mol. The Morgan fingerprint density at radius 1 is 1.33 bits per heavy atom. The fraction of sp³-hybridized carbons (Fsp3) is 0.412. The Balaban J connectivity index is 1.86. The summed E-state index contributed by atoms with van der Waals surface area (Å²) in [6.07, 6.45) is 0. The molecule has 2 rings (SSSR count). The predicted molar refractivity (Wildman–Crippen MR) is 94.4 cm³/mol. The summed E-state index contributed by atoms with van der Waals surface area (Å²) in [4.78, 5) is 18.2. The normalized spacial score (nSPS) is 10.5. The summed E-state index contributed by atoms with van der Waals surface area (Å²) < 4.78 is 10.7. The van der Waals surface area contributed by atoms with Crippen LogP contribution in [-0.4, -0.2) is 43.3 Å². The molecular weight excluding hydrogens is 326 g/mol. The van der Waals surface area contributed by atoms with Crippen molar-refractivity contribution in [1.29, 1.82) is 0 Å². The van der Waals surface area contributed by atoms with E-state index in [1.165, 1.54) is 0 Å². The van der Waals surface area contributed by atoms with Crippen LogP contribution >= 0.6 is 11.3 Å². The first-order valence-electron chi connectivity index (χ1n) is 7.69. The summed E-state index contributed by atoms with van der Waals surface area (Å²) in [7, 11) is 3.39. The number of amides is 2. The van der Waals surface area contributed by atoms with Crippen LogP contribution in [0.3, 0.4) is 0 Å². The third-order valence-electron chi connectivity index (χ3n) is 3.36. The summed E-state index contributed by atoms with van der Waals surface area (Å²) >= 11 is 1.58. The van der Waals surface area contributed by atoms with Gasteiger partial charge in [-0.25, -0.2) is 9.78 Å². The number of urea groups is 1. The van der Waals surface area contributed by atoms with Crippen LogP contribution in [0.4, 0.5) is 4.79 Å². The number of benzene rings is 1. The molecule has 0 saturated heterocycles. The summed E-state index contributed by atoms with van der Waals surface area (Å²) in [6.45, 7) is 3.85. The molecule has 2 amide bonds. The van der Waals surface area contributed by atoms with Gasteiger partial charge in [-0.05, 0) is 13.0 Å². The third-order valence-corrected chi connectivity index (χ3v) is 4.18. The fourth-order valence-corrected chi connectivity index (χ4v) is 2.73. The lowest BCUT2D eigenvalue weighted by Crippen LogP contribution is -2.36. The van der Waals surface area contributed by atoms with Crippen molar-refractivity contribution < 1.29 is 14.3 Å². The van der Waals surface area contributed by atoms with E-state index in [2.05, 4.69) is 10.3 Å². The number of carbonyl (C=O) groups is 1. The van der Waals surface area contributed by atoms with Gasteiger partial charge in [-0.15, -0.1) is 11.3 Å². The quantitative estimate of drug-likeness (QED) is 0.745. The number of para-hydroxylation sites is 1. The Morgan fingerprint density at radius 3 is 2.83 bits per heavy atom. The largest absolute Gasteiger partial charge is 0.491 e. The zero-order valence-electron chi connectivity index (χ0n) is 14.2. The summed E-state index contributed by atoms with van der Waals surface area (Å²) in [5.74, 6) is 0.757. The van der Waals surface area contributed by atoms with E-state index in [4.69, 9.17) is 9.47 Å². The number of ether oxygens (including phenoxy) is 2. The summed E-state index contributed by atoms with van der Waals surface area (Å²) in [5, 5.41) is 5.88. The van der Waals surface area contributed by atoms with E-state index < -0.39 is 0 Å². The summed E-state index contributed by atoms with van der Waals surface area (Å²) in [5.41, 5.74) is 1.83. The van der Waals surface area contributed by atoms with E-state index in [0.717, 1.165) is 22.0 Å². The zero-order chi connectivity index (χ0) is 17.4. The van der Waals surface area contributed by atoms with E-state index in [0.29, 0.717) is 26.3 Å². The average molecular weight is 349 g/mol. The van der Waals surface area contributed by atoms with Gasteiger partial charge in [-0.2, -0.15) is 0 Å². The lowest BCUT2D eigenvalue weighted by Gasteiger charge is -2.18. The third kappa shape index (κ3) is 5.50. The molecule has 0 bridgehead atoms. The molecule has 130 valence electrons. The van der Waals surface area contributed by atoms with Crippen LogP contribution in [-0.2, 0) is 17.8 Å². The minimum atomic E-state index is -0.146. The maximum atomic E-state index is 12.2. The van der Waals surface area contributed by atoms with Crippen LogP contribution in [0, 0.1) is 6.92 Å². The van der Waals surface area contributed by atoms with Gasteiger partial charge in [0.25, 0.3) is 0 Å². The van der Waals surface area contributed by atoms with E-state index >= 15 is 0 Å². The first-order chi connectivity index (χ1) is 11.6. The standard InChI is InChI=1S/C17H23N3O3S/c1-13-19-15(12-24-13)11-20(2)17(21)18-10-14-6-4-5-7-16(14)23-9-8-22-3/h4-7,12H,8-11H2,1-3H3,(H,18,21). The molecular formula is C17H23N3O3S. The molecule has 24 heavy (non-hydrogen) atoms. The Bertz CT molecular complexity index is 660. The molecule has 6 nitrogen and oxygen atoms in total. The van der Waals surface area contributed by atoms with Crippen LogP contribution in [0.5, 0.6) is 5.75 Å². The van der Waals surface area contributed by atoms with Crippen molar-refractivity contribution in [2.75, 3.05) is 27.4 Å². The van der Waals surface area contributed by atoms with E-state index in [9.17, 15) is 4.79 Å². The molecule has 1 heterocycles. The Morgan fingerprint density at radius 2 is 2.12 bits per heavy atom. The van der Waals surface area contributed by atoms with Gasteiger partial charge in [0.1, 0.15) is 12.4 Å². The number of nitrogens with zero attached hydrogens (tertiary/aromatic N) is 2. The zero-order valence-corrected chi connectivity index (χ0v) is 15.1. The molecule has 0 aliphatic rings. The van der Waals surface area contributed by atoms with Gasteiger partial charge >= 0.3 is 6.03 Å². The van der Waals surface area contributed by atoms with Gasteiger partial charge in [-0.3, -0.25) is 0 Å². The number of carbonyl (C=O) groups excluding carboxylic acids is 1. The van der Waals surface area contributed by atoms with E-state index in [1.54, 1.807) is 30.4 Å². The maximum absolute atomic E-state index is 12.2. The number of aromatic nitrogens is 1. The van der Waals surface area contributed by atoms with Crippen LogP contribution in [0.15, 0.2) is 29.6 Å². The minimum Gasteiger partial charge on any atom is -0.491 e. The average Bonchev–Trinajstić information content (AvgIpc) is 2.98. The van der Waals surface area contributed by atoms with Gasteiger partial charge < -0.3 is 19.7 Å². The Kier molecular flexibility index (Phi) is 7.02. The van der Waals surface area contributed by atoms with Crippen LogP contribution in [0.25, 0.3) is 0 Å². The molecule has 1 N–H and O–H groups in total. The second kappa shape index (κ2) is 9.24. The Hall–Kier alpha value is -2.12. The minimum absolute atomic E-state index is 0.146. The SMILES string of the molecule is COCCOc1ccccc1CNC(=O)N(C)Cc1csc(C)n1. The Labute approximate surface area is 146 Å². The first-order valence-corrected chi connectivity index (χ1v) is 8.57. The molecule has 0 spiro atoms. The molecule has 0 radical (unpaired) electrons. The highest BCUT2D eigenvalue weighted by molar-refractivity contribution is 7.09.